The summed E-state index contributed by atoms with van der Waals surface area (Å²) < 4.78 is 17.9. The van der Waals surface area contributed by atoms with E-state index in [-0.39, 0.29) is 36.2 Å². The Balaban J connectivity index is 1.97. The lowest BCUT2D eigenvalue weighted by molar-refractivity contribution is -0.0169. The molecule has 104 valence electrons. The molecule has 4 nitrogen and oxygen atoms in total. The zero-order valence-electron chi connectivity index (χ0n) is 12.7. The van der Waals surface area contributed by atoms with E-state index in [1.165, 1.54) is 0 Å². The Morgan fingerprint density at radius 3 is 1.89 bits per heavy atom. The van der Waals surface area contributed by atoms with Crippen LogP contribution in [0.1, 0.15) is 48.5 Å². The Hall–Kier alpha value is -0.0951. The molecule has 5 heteroatoms. The highest BCUT2D eigenvalue weighted by molar-refractivity contribution is 6.45. The lowest BCUT2D eigenvalue weighted by Gasteiger charge is -2.32. The number of hydrogen-bond donors (Lipinski definition) is 1. The van der Waals surface area contributed by atoms with Gasteiger partial charge in [0.15, 0.2) is 0 Å². The standard InChI is InChI=1S/C13H26BNO3/c1-9-10(15-13(6,7)16-9)8-14-17-11(2,3)12(4,5)18-14/h9-10,15H,8H2,1-7H3. The average molecular weight is 255 g/mol. The van der Waals surface area contributed by atoms with Crippen LogP contribution in [-0.4, -0.2) is 36.2 Å². The highest BCUT2D eigenvalue weighted by atomic mass is 16.7. The first kappa shape index (κ1) is 14.3. The molecule has 0 radical (unpaired) electrons. The minimum absolute atomic E-state index is 0.160. The van der Waals surface area contributed by atoms with E-state index in [2.05, 4.69) is 39.9 Å². The van der Waals surface area contributed by atoms with Crippen LogP contribution in [-0.2, 0) is 14.0 Å². The van der Waals surface area contributed by atoms with E-state index in [0.29, 0.717) is 0 Å². The van der Waals surface area contributed by atoms with Gasteiger partial charge >= 0.3 is 7.12 Å². The van der Waals surface area contributed by atoms with Gasteiger partial charge in [0.25, 0.3) is 0 Å². The van der Waals surface area contributed by atoms with E-state index in [4.69, 9.17) is 14.0 Å². The van der Waals surface area contributed by atoms with Crippen molar-refractivity contribution in [2.24, 2.45) is 0 Å². The molecule has 2 aliphatic rings. The molecule has 2 heterocycles. The van der Waals surface area contributed by atoms with Crippen molar-refractivity contribution < 1.29 is 14.0 Å². The summed E-state index contributed by atoms with van der Waals surface area (Å²) in [6.45, 7) is 14.5. The molecule has 2 rings (SSSR count). The summed E-state index contributed by atoms with van der Waals surface area (Å²) in [5.74, 6) is 0. The third-order valence-corrected chi connectivity index (χ3v) is 4.33. The molecular formula is C13H26BNO3. The van der Waals surface area contributed by atoms with Crippen molar-refractivity contribution >= 4 is 7.12 Å². The molecule has 2 saturated heterocycles. The lowest BCUT2D eigenvalue weighted by Crippen LogP contribution is -2.41. The predicted molar refractivity (Wildman–Crippen MR) is 72.4 cm³/mol. The maximum atomic E-state index is 6.02. The molecule has 0 aliphatic carbocycles. The van der Waals surface area contributed by atoms with Gasteiger partial charge in [-0.05, 0) is 48.5 Å². The van der Waals surface area contributed by atoms with Crippen molar-refractivity contribution in [2.45, 2.75) is 83.9 Å². The van der Waals surface area contributed by atoms with Crippen LogP contribution < -0.4 is 5.32 Å². The summed E-state index contributed by atoms with van der Waals surface area (Å²) >= 11 is 0. The number of rotatable bonds is 2. The molecule has 0 amide bonds. The first-order valence-corrected chi connectivity index (χ1v) is 6.84. The van der Waals surface area contributed by atoms with Crippen LogP contribution in [0.25, 0.3) is 0 Å². The van der Waals surface area contributed by atoms with Gasteiger partial charge in [-0.25, -0.2) is 0 Å². The zero-order valence-corrected chi connectivity index (χ0v) is 12.7. The largest absolute Gasteiger partial charge is 0.459 e. The fraction of sp³-hybridized carbons (Fsp3) is 1.00. The molecule has 0 bridgehead atoms. The maximum absolute atomic E-state index is 6.02. The molecular weight excluding hydrogens is 229 g/mol. The van der Waals surface area contributed by atoms with Gasteiger partial charge in [-0.15, -0.1) is 0 Å². The van der Waals surface area contributed by atoms with Crippen molar-refractivity contribution in [2.75, 3.05) is 0 Å². The SMILES string of the molecule is CC1OC(C)(C)NC1CB1OC(C)(C)C(C)(C)O1. The highest BCUT2D eigenvalue weighted by Crippen LogP contribution is 2.38. The van der Waals surface area contributed by atoms with Gasteiger partial charge in [0.05, 0.1) is 17.3 Å². The number of hydrogen-bond acceptors (Lipinski definition) is 4. The van der Waals surface area contributed by atoms with Crippen molar-refractivity contribution in [1.29, 1.82) is 0 Å². The third-order valence-electron chi connectivity index (χ3n) is 4.33. The average Bonchev–Trinajstić information content (AvgIpc) is 2.46. The first-order valence-electron chi connectivity index (χ1n) is 6.84. The first-order chi connectivity index (χ1) is 8.02. The molecule has 2 fully saturated rings. The lowest BCUT2D eigenvalue weighted by atomic mass is 9.79. The fourth-order valence-electron chi connectivity index (χ4n) is 2.66. The van der Waals surface area contributed by atoms with Crippen molar-refractivity contribution in [1.82, 2.24) is 5.32 Å². The minimum Gasteiger partial charge on any atom is -0.403 e. The second-order valence-corrected chi connectivity index (χ2v) is 7.01. The molecule has 2 atom stereocenters. The van der Waals surface area contributed by atoms with Gasteiger partial charge in [0, 0.05) is 12.4 Å². The molecule has 2 unspecified atom stereocenters. The van der Waals surface area contributed by atoms with E-state index in [1.807, 2.05) is 13.8 Å². The van der Waals surface area contributed by atoms with E-state index < -0.39 is 0 Å². The Labute approximate surface area is 111 Å². The molecule has 0 aromatic heterocycles. The maximum Gasteiger partial charge on any atom is 0.459 e. The Morgan fingerprint density at radius 2 is 1.50 bits per heavy atom. The Kier molecular flexibility index (Phi) is 3.34. The normalized spacial score (nSPS) is 37.2. The van der Waals surface area contributed by atoms with Crippen LogP contribution >= 0.6 is 0 Å². The molecule has 1 N–H and O–H groups in total. The summed E-state index contributed by atoms with van der Waals surface area (Å²) in [4.78, 5) is 0. The smallest absolute Gasteiger partial charge is 0.403 e. The predicted octanol–water partition coefficient (Wildman–Crippen LogP) is 2.19. The summed E-state index contributed by atoms with van der Waals surface area (Å²) in [7, 11) is -0.160. The molecule has 2 aliphatic heterocycles. The minimum atomic E-state index is -0.256. The van der Waals surface area contributed by atoms with Gasteiger partial charge in [-0.2, -0.15) is 0 Å². The summed E-state index contributed by atoms with van der Waals surface area (Å²) in [6, 6.07) is 0.273. The van der Waals surface area contributed by atoms with Crippen LogP contribution in [0.15, 0.2) is 0 Å². The van der Waals surface area contributed by atoms with Gasteiger partial charge in [0.2, 0.25) is 0 Å². The van der Waals surface area contributed by atoms with Crippen LogP contribution in [0.4, 0.5) is 0 Å². The quantitative estimate of drug-likeness (QED) is 0.768. The van der Waals surface area contributed by atoms with Gasteiger partial charge < -0.3 is 14.0 Å². The Morgan fingerprint density at radius 1 is 1.00 bits per heavy atom. The monoisotopic (exact) mass is 255 g/mol. The molecule has 0 aromatic carbocycles. The van der Waals surface area contributed by atoms with Crippen LogP contribution in [0, 0.1) is 0 Å². The zero-order chi connectivity index (χ0) is 13.8. The van der Waals surface area contributed by atoms with Gasteiger partial charge in [-0.3, -0.25) is 5.32 Å². The number of ether oxygens (including phenoxy) is 1. The van der Waals surface area contributed by atoms with Crippen molar-refractivity contribution in [3.8, 4) is 0 Å². The van der Waals surface area contributed by atoms with E-state index in [9.17, 15) is 0 Å². The van der Waals surface area contributed by atoms with Crippen molar-refractivity contribution in [3.63, 3.8) is 0 Å². The molecule has 0 spiro atoms. The summed E-state index contributed by atoms with van der Waals surface area (Å²) in [5.41, 5.74) is -0.764. The van der Waals surface area contributed by atoms with Crippen LogP contribution in [0.2, 0.25) is 6.32 Å². The molecule has 0 saturated carbocycles. The van der Waals surface area contributed by atoms with Gasteiger partial charge in [-0.1, -0.05) is 0 Å². The number of nitrogens with one attached hydrogen (secondary N) is 1. The third kappa shape index (κ3) is 2.59. The van der Waals surface area contributed by atoms with Crippen LogP contribution in [0.3, 0.4) is 0 Å². The van der Waals surface area contributed by atoms with E-state index in [1.54, 1.807) is 0 Å². The Bertz CT molecular complexity index is 314. The second-order valence-electron chi connectivity index (χ2n) is 7.01. The fourth-order valence-corrected chi connectivity index (χ4v) is 2.66. The second kappa shape index (κ2) is 4.20. The van der Waals surface area contributed by atoms with Gasteiger partial charge in [0.1, 0.15) is 5.72 Å². The van der Waals surface area contributed by atoms with Crippen LogP contribution in [0.5, 0.6) is 0 Å². The highest BCUT2D eigenvalue weighted by Gasteiger charge is 2.52. The topological polar surface area (TPSA) is 39.7 Å². The molecule has 18 heavy (non-hydrogen) atoms. The summed E-state index contributed by atoms with van der Waals surface area (Å²) in [6.07, 6.45) is 0.997. The van der Waals surface area contributed by atoms with E-state index in [0.717, 1.165) is 6.32 Å². The summed E-state index contributed by atoms with van der Waals surface area (Å²) in [5, 5.41) is 3.48. The van der Waals surface area contributed by atoms with E-state index >= 15 is 0 Å². The van der Waals surface area contributed by atoms with Crippen molar-refractivity contribution in [3.05, 3.63) is 0 Å². The molecule has 0 aromatic rings.